The van der Waals surface area contributed by atoms with Crippen LogP contribution in [0.1, 0.15) is 19.5 Å². The number of nitrogens with one attached hydrogen (secondary N) is 1. The molecule has 15 heavy (non-hydrogen) atoms. The Bertz CT molecular complexity index is 285. The first-order chi connectivity index (χ1) is 7.15. The van der Waals surface area contributed by atoms with Crippen molar-refractivity contribution in [2.75, 3.05) is 13.7 Å². The number of nitrogens with zero attached hydrogens (tertiary/aromatic N) is 3. The molecule has 0 saturated carbocycles. The van der Waals surface area contributed by atoms with Gasteiger partial charge in [-0.15, -0.1) is 5.10 Å². The van der Waals surface area contributed by atoms with E-state index in [2.05, 4.69) is 29.5 Å². The van der Waals surface area contributed by atoms with Gasteiger partial charge in [-0.3, -0.25) is 4.68 Å². The summed E-state index contributed by atoms with van der Waals surface area (Å²) in [5, 5.41) is 11.2. The Morgan fingerprint density at radius 3 is 2.73 bits per heavy atom. The highest BCUT2D eigenvalue weighted by Gasteiger charge is 2.12. The molecule has 1 atom stereocenters. The van der Waals surface area contributed by atoms with Crippen LogP contribution >= 0.6 is 0 Å². The molecule has 86 valence electrons. The van der Waals surface area contributed by atoms with E-state index in [-0.39, 0.29) is 0 Å². The molecule has 5 heteroatoms. The van der Waals surface area contributed by atoms with Crippen LogP contribution < -0.4 is 5.32 Å². The summed E-state index contributed by atoms with van der Waals surface area (Å²) in [6.07, 6.45) is 1.77. The summed E-state index contributed by atoms with van der Waals surface area (Å²) < 4.78 is 6.94. The van der Waals surface area contributed by atoms with Gasteiger partial charge < -0.3 is 10.1 Å². The molecule has 0 spiro atoms. The Balaban J connectivity index is 2.43. The van der Waals surface area contributed by atoms with Crippen LogP contribution in [0.3, 0.4) is 0 Å². The molecule has 0 aliphatic rings. The number of hydrogen-bond acceptors (Lipinski definition) is 4. The molecule has 0 aliphatic carbocycles. The van der Waals surface area contributed by atoms with E-state index in [1.54, 1.807) is 18.0 Å². The van der Waals surface area contributed by atoms with E-state index in [0.29, 0.717) is 12.0 Å². The first kappa shape index (κ1) is 12.1. The number of methoxy groups -OCH3 is 1. The zero-order valence-electron chi connectivity index (χ0n) is 9.90. The van der Waals surface area contributed by atoms with Crippen LogP contribution in [0.15, 0.2) is 6.20 Å². The van der Waals surface area contributed by atoms with Gasteiger partial charge in [0.2, 0.25) is 0 Å². The second kappa shape index (κ2) is 5.82. The zero-order valence-corrected chi connectivity index (χ0v) is 9.90. The summed E-state index contributed by atoms with van der Waals surface area (Å²) in [5.41, 5.74) is 1.08. The van der Waals surface area contributed by atoms with Crippen molar-refractivity contribution in [3.05, 3.63) is 11.9 Å². The summed E-state index contributed by atoms with van der Waals surface area (Å²) in [5.74, 6) is 0.547. The monoisotopic (exact) mass is 212 g/mol. The minimum Gasteiger partial charge on any atom is -0.383 e. The number of aryl methyl sites for hydroxylation is 1. The van der Waals surface area contributed by atoms with Crippen molar-refractivity contribution in [2.45, 2.75) is 26.4 Å². The van der Waals surface area contributed by atoms with Crippen molar-refractivity contribution in [1.29, 1.82) is 0 Å². The highest BCUT2D eigenvalue weighted by molar-refractivity contribution is 4.93. The van der Waals surface area contributed by atoms with E-state index in [0.717, 1.165) is 18.8 Å². The molecule has 0 bridgehead atoms. The predicted molar refractivity (Wildman–Crippen MR) is 58.3 cm³/mol. The van der Waals surface area contributed by atoms with Gasteiger partial charge in [-0.05, 0) is 5.92 Å². The molecule has 1 heterocycles. The van der Waals surface area contributed by atoms with Crippen molar-refractivity contribution in [3.63, 3.8) is 0 Å². The molecule has 5 nitrogen and oxygen atoms in total. The van der Waals surface area contributed by atoms with Gasteiger partial charge in [-0.2, -0.15) is 0 Å². The topological polar surface area (TPSA) is 52.0 Å². The Hall–Kier alpha value is -0.940. The number of aromatic nitrogens is 3. The maximum atomic E-state index is 5.16. The molecule has 0 aromatic carbocycles. The van der Waals surface area contributed by atoms with E-state index in [1.807, 2.05) is 7.05 Å². The predicted octanol–water partition coefficient (Wildman–Crippen LogP) is 0.576. The van der Waals surface area contributed by atoms with Crippen LogP contribution in [-0.4, -0.2) is 34.8 Å². The minimum atomic E-state index is 0.366. The zero-order chi connectivity index (χ0) is 11.3. The van der Waals surface area contributed by atoms with E-state index in [4.69, 9.17) is 4.74 Å². The molecule has 1 aromatic heterocycles. The second-order valence-electron chi connectivity index (χ2n) is 4.04. The average Bonchev–Trinajstić information content (AvgIpc) is 2.58. The van der Waals surface area contributed by atoms with E-state index in [1.165, 1.54) is 0 Å². The average molecular weight is 212 g/mol. The maximum Gasteiger partial charge on any atom is 0.0738 e. The van der Waals surface area contributed by atoms with Gasteiger partial charge in [0.1, 0.15) is 0 Å². The first-order valence-electron chi connectivity index (χ1n) is 5.21. The normalized spacial score (nSPS) is 13.4. The van der Waals surface area contributed by atoms with Crippen LogP contribution in [0.2, 0.25) is 0 Å². The Kier molecular flexibility index (Phi) is 4.71. The Morgan fingerprint density at radius 1 is 1.53 bits per heavy atom. The standard InChI is InChI=1S/C10H20N4O/c1-8(2)10(7-15-4)11-5-9-6-12-13-14(9)3/h6,8,10-11H,5,7H2,1-4H3. The number of ether oxygens (including phenoxy) is 1. The smallest absolute Gasteiger partial charge is 0.0738 e. The number of hydrogen-bond donors (Lipinski definition) is 1. The van der Waals surface area contributed by atoms with E-state index >= 15 is 0 Å². The summed E-state index contributed by atoms with van der Waals surface area (Å²) in [7, 11) is 3.62. The van der Waals surface area contributed by atoms with Gasteiger partial charge in [-0.1, -0.05) is 19.1 Å². The van der Waals surface area contributed by atoms with Crippen LogP contribution in [0.4, 0.5) is 0 Å². The Labute approximate surface area is 90.8 Å². The van der Waals surface area contributed by atoms with E-state index in [9.17, 15) is 0 Å². The fraction of sp³-hybridized carbons (Fsp3) is 0.800. The van der Waals surface area contributed by atoms with Gasteiger partial charge in [0.25, 0.3) is 0 Å². The summed E-state index contributed by atoms with van der Waals surface area (Å²) in [6.45, 7) is 5.86. The molecule has 1 N–H and O–H groups in total. The SMILES string of the molecule is COCC(NCc1cnnn1C)C(C)C. The molecule has 0 aliphatic heterocycles. The summed E-state index contributed by atoms with van der Waals surface area (Å²) in [4.78, 5) is 0. The molecule has 0 amide bonds. The third-order valence-corrected chi connectivity index (χ3v) is 2.50. The molecular weight excluding hydrogens is 192 g/mol. The van der Waals surface area contributed by atoms with Gasteiger partial charge in [0, 0.05) is 26.7 Å². The lowest BCUT2D eigenvalue weighted by Crippen LogP contribution is -2.37. The van der Waals surface area contributed by atoms with Crippen molar-refractivity contribution in [1.82, 2.24) is 20.3 Å². The first-order valence-corrected chi connectivity index (χ1v) is 5.21. The van der Waals surface area contributed by atoms with Gasteiger partial charge >= 0.3 is 0 Å². The molecule has 1 unspecified atom stereocenters. The minimum absolute atomic E-state index is 0.366. The van der Waals surface area contributed by atoms with Gasteiger partial charge in [0.05, 0.1) is 18.5 Å². The maximum absolute atomic E-state index is 5.16. The fourth-order valence-electron chi connectivity index (χ4n) is 1.37. The highest BCUT2D eigenvalue weighted by Crippen LogP contribution is 2.03. The molecule has 0 radical (unpaired) electrons. The van der Waals surface area contributed by atoms with Crippen molar-refractivity contribution in [3.8, 4) is 0 Å². The Morgan fingerprint density at radius 2 is 2.27 bits per heavy atom. The molecular formula is C10H20N4O. The van der Waals surface area contributed by atoms with Crippen molar-refractivity contribution < 1.29 is 4.74 Å². The fourth-order valence-corrected chi connectivity index (χ4v) is 1.37. The van der Waals surface area contributed by atoms with E-state index < -0.39 is 0 Å². The lowest BCUT2D eigenvalue weighted by atomic mass is 10.1. The van der Waals surface area contributed by atoms with Crippen LogP contribution in [0, 0.1) is 5.92 Å². The van der Waals surface area contributed by atoms with Crippen molar-refractivity contribution in [2.24, 2.45) is 13.0 Å². The summed E-state index contributed by atoms with van der Waals surface area (Å²) >= 11 is 0. The highest BCUT2D eigenvalue weighted by atomic mass is 16.5. The van der Waals surface area contributed by atoms with Crippen molar-refractivity contribution >= 4 is 0 Å². The third-order valence-electron chi connectivity index (χ3n) is 2.50. The van der Waals surface area contributed by atoms with Crippen LogP contribution in [0.5, 0.6) is 0 Å². The van der Waals surface area contributed by atoms with Gasteiger partial charge in [-0.25, -0.2) is 0 Å². The second-order valence-corrected chi connectivity index (χ2v) is 4.04. The third kappa shape index (κ3) is 3.60. The van der Waals surface area contributed by atoms with Gasteiger partial charge in [0.15, 0.2) is 0 Å². The molecule has 1 aromatic rings. The molecule has 1 rings (SSSR count). The molecule has 0 fully saturated rings. The lowest BCUT2D eigenvalue weighted by Gasteiger charge is -2.21. The summed E-state index contributed by atoms with van der Waals surface area (Å²) in [6, 6.07) is 0.366. The van der Waals surface area contributed by atoms with Crippen LogP contribution in [0.25, 0.3) is 0 Å². The quantitative estimate of drug-likeness (QED) is 0.749. The van der Waals surface area contributed by atoms with Crippen LogP contribution in [-0.2, 0) is 18.3 Å². The number of rotatable bonds is 6. The largest absolute Gasteiger partial charge is 0.383 e. The molecule has 0 saturated heterocycles. The lowest BCUT2D eigenvalue weighted by molar-refractivity contribution is 0.146.